The second-order valence-electron chi connectivity index (χ2n) is 6.56. The number of carbonyl (C=O) groups is 2. The van der Waals surface area contributed by atoms with Gasteiger partial charge < -0.3 is 0 Å². The van der Waals surface area contributed by atoms with E-state index in [-0.39, 0.29) is 17.4 Å². The number of aryl methyl sites for hydroxylation is 2. The lowest BCUT2D eigenvalue weighted by Gasteiger charge is -2.15. The van der Waals surface area contributed by atoms with Gasteiger partial charge in [0.15, 0.2) is 0 Å². The van der Waals surface area contributed by atoms with Crippen LogP contribution in [0.1, 0.15) is 50.6 Å². The van der Waals surface area contributed by atoms with Crippen molar-refractivity contribution in [2.45, 2.75) is 39.2 Å². The Labute approximate surface area is 145 Å². The molecule has 0 bridgehead atoms. The van der Waals surface area contributed by atoms with Crippen molar-refractivity contribution in [2.24, 2.45) is 0 Å². The van der Waals surface area contributed by atoms with Crippen LogP contribution in [-0.4, -0.2) is 32.8 Å². The molecule has 0 radical (unpaired) electrons. The number of rotatable bonds is 4. The van der Waals surface area contributed by atoms with Gasteiger partial charge in [-0.05, 0) is 44.7 Å². The van der Waals surface area contributed by atoms with Crippen LogP contribution in [0.2, 0.25) is 0 Å². The lowest BCUT2D eigenvalue weighted by molar-refractivity contribution is 0.0650. The number of imide groups is 1. The molecule has 4 rings (SSSR count). The van der Waals surface area contributed by atoms with Crippen LogP contribution in [0.15, 0.2) is 29.1 Å². The van der Waals surface area contributed by atoms with Crippen molar-refractivity contribution in [1.29, 1.82) is 0 Å². The van der Waals surface area contributed by atoms with E-state index in [0.29, 0.717) is 36.5 Å². The van der Waals surface area contributed by atoms with Gasteiger partial charge in [0.25, 0.3) is 17.4 Å². The zero-order valence-corrected chi connectivity index (χ0v) is 14.1. The molecular formula is C19H19N3O3. The summed E-state index contributed by atoms with van der Waals surface area (Å²) in [6.45, 7) is 2.59. The van der Waals surface area contributed by atoms with Crippen LogP contribution < -0.4 is 5.56 Å². The Hall–Kier alpha value is -2.76. The summed E-state index contributed by atoms with van der Waals surface area (Å²) in [5.74, 6) is 0.196. The third-order valence-electron chi connectivity index (χ3n) is 5.02. The summed E-state index contributed by atoms with van der Waals surface area (Å²) in [5.41, 5.74) is 2.70. The Morgan fingerprint density at radius 3 is 2.36 bits per heavy atom. The van der Waals surface area contributed by atoms with Gasteiger partial charge in [-0.25, -0.2) is 4.98 Å². The van der Waals surface area contributed by atoms with Crippen molar-refractivity contribution in [1.82, 2.24) is 14.5 Å². The smallest absolute Gasteiger partial charge is 0.261 e. The molecule has 0 N–H and O–H groups in total. The van der Waals surface area contributed by atoms with Crippen LogP contribution in [0.3, 0.4) is 0 Å². The van der Waals surface area contributed by atoms with Gasteiger partial charge in [-0.15, -0.1) is 0 Å². The van der Waals surface area contributed by atoms with Crippen LogP contribution in [0, 0.1) is 6.92 Å². The van der Waals surface area contributed by atoms with Gasteiger partial charge in [-0.3, -0.25) is 23.9 Å². The first kappa shape index (κ1) is 15.7. The average Bonchev–Trinajstić information content (AvgIpc) is 3.16. The standard InChI is InChI=1S/C19H19N3O3/c1-12-20-16-9-4-8-15(16)19(25)21(12)10-5-11-22-17(23)13-6-2-3-7-14(13)18(22)24/h2-3,6-7H,4-5,8-11H2,1H3. The van der Waals surface area contributed by atoms with E-state index in [9.17, 15) is 14.4 Å². The van der Waals surface area contributed by atoms with Crippen LogP contribution in [0.5, 0.6) is 0 Å². The number of fused-ring (bicyclic) bond motifs is 2. The van der Waals surface area contributed by atoms with Gasteiger partial charge in [-0.2, -0.15) is 0 Å². The number of nitrogens with zero attached hydrogens (tertiary/aromatic N) is 3. The van der Waals surface area contributed by atoms with Crippen LogP contribution in [-0.2, 0) is 19.4 Å². The molecule has 1 aliphatic heterocycles. The largest absolute Gasteiger partial charge is 0.297 e. The molecule has 0 spiro atoms. The predicted octanol–water partition coefficient (Wildman–Crippen LogP) is 1.73. The fourth-order valence-corrected chi connectivity index (χ4v) is 3.74. The van der Waals surface area contributed by atoms with Gasteiger partial charge in [0.05, 0.1) is 16.8 Å². The number of carbonyl (C=O) groups excluding carboxylic acids is 2. The van der Waals surface area contributed by atoms with Gasteiger partial charge >= 0.3 is 0 Å². The number of benzene rings is 1. The Morgan fingerprint density at radius 2 is 1.68 bits per heavy atom. The minimum absolute atomic E-state index is 0.0300. The average molecular weight is 337 g/mol. The number of aromatic nitrogens is 2. The summed E-state index contributed by atoms with van der Waals surface area (Å²) in [4.78, 5) is 43.1. The fraction of sp³-hybridized carbons (Fsp3) is 0.368. The normalized spacial score (nSPS) is 15.6. The first-order chi connectivity index (χ1) is 12.1. The minimum Gasteiger partial charge on any atom is -0.297 e. The number of amides is 2. The van der Waals surface area contributed by atoms with E-state index >= 15 is 0 Å². The van der Waals surface area contributed by atoms with E-state index in [1.54, 1.807) is 28.8 Å². The van der Waals surface area contributed by atoms with E-state index in [2.05, 4.69) is 4.98 Å². The maximum absolute atomic E-state index is 12.6. The highest BCUT2D eigenvalue weighted by Crippen LogP contribution is 2.22. The van der Waals surface area contributed by atoms with Crippen LogP contribution >= 0.6 is 0 Å². The number of hydrogen-bond acceptors (Lipinski definition) is 4. The summed E-state index contributed by atoms with van der Waals surface area (Å²) in [6.07, 6.45) is 3.18. The molecule has 25 heavy (non-hydrogen) atoms. The molecule has 2 aliphatic rings. The van der Waals surface area contributed by atoms with Crippen LogP contribution in [0.4, 0.5) is 0 Å². The Morgan fingerprint density at radius 1 is 1.00 bits per heavy atom. The van der Waals surface area contributed by atoms with Crippen molar-refractivity contribution >= 4 is 11.8 Å². The van der Waals surface area contributed by atoms with E-state index in [4.69, 9.17) is 0 Å². The fourth-order valence-electron chi connectivity index (χ4n) is 3.74. The highest BCUT2D eigenvalue weighted by Gasteiger charge is 2.34. The Kier molecular flexibility index (Phi) is 3.75. The lowest BCUT2D eigenvalue weighted by atomic mass is 10.1. The first-order valence-electron chi connectivity index (χ1n) is 8.62. The van der Waals surface area contributed by atoms with Gasteiger partial charge in [-0.1, -0.05) is 12.1 Å². The minimum atomic E-state index is -0.253. The zero-order valence-electron chi connectivity index (χ0n) is 14.1. The molecule has 1 aromatic carbocycles. The van der Waals surface area contributed by atoms with E-state index in [0.717, 1.165) is 30.5 Å². The maximum atomic E-state index is 12.6. The molecule has 2 aromatic rings. The topological polar surface area (TPSA) is 72.3 Å². The SMILES string of the molecule is Cc1nc2c(c(=O)n1CCCN1C(=O)c3ccccc3C1=O)CCC2. The second-order valence-corrected chi connectivity index (χ2v) is 6.56. The van der Waals surface area contributed by atoms with Crippen molar-refractivity contribution in [2.75, 3.05) is 6.54 Å². The van der Waals surface area contributed by atoms with E-state index < -0.39 is 0 Å². The van der Waals surface area contributed by atoms with E-state index in [1.807, 2.05) is 6.92 Å². The van der Waals surface area contributed by atoms with Crippen molar-refractivity contribution in [3.8, 4) is 0 Å². The van der Waals surface area contributed by atoms with Crippen LogP contribution in [0.25, 0.3) is 0 Å². The first-order valence-corrected chi connectivity index (χ1v) is 8.62. The molecule has 1 aromatic heterocycles. The molecule has 0 saturated carbocycles. The Bertz CT molecular complexity index is 910. The van der Waals surface area contributed by atoms with Gasteiger partial charge in [0.2, 0.25) is 0 Å². The van der Waals surface area contributed by atoms with Gasteiger partial charge in [0, 0.05) is 18.7 Å². The molecule has 0 atom stereocenters. The highest BCUT2D eigenvalue weighted by atomic mass is 16.2. The number of hydrogen-bond donors (Lipinski definition) is 0. The molecule has 0 fully saturated rings. The molecule has 1 aliphatic carbocycles. The molecule has 0 saturated heterocycles. The molecule has 2 heterocycles. The summed E-state index contributed by atoms with van der Waals surface area (Å²) in [6, 6.07) is 6.86. The quantitative estimate of drug-likeness (QED) is 0.797. The zero-order chi connectivity index (χ0) is 17.6. The summed E-state index contributed by atoms with van der Waals surface area (Å²) in [7, 11) is 0. The lowest BCUT2D eigenvalue weighted by Crippen LogP contribution is -2.33. The molecule has 6 heteroatoms. The molecule has 128 valence electrons. The summed E-state index contributed by atoms with van der Waals surface area (Å²) in [5, 5.41) is 0. The molecule has 0 unspecified atom stereocenters. The molecule has 2 amide bonds. The summed E-state index contributed by atoms with van der Waals surface area (Å²) < 4.78 is 1.67. The third-order valence-corrected chi connectivity index (χ3v) is 5.02. The predicted molar refractivity (Wildman–Crippen MR) is 91.7 cm³/mol. The maximum Gasteiger partial charge on any atom is 0.261 e. The highest BCUT2D eigenvalue weighted by molar-refractivity contribution is 6.21. The van der Waals surface area contributed by atoms with Crippen molar-refractivity contribution in [3.63, 3.8) is 0 Å². The van der Waals surface area contributed by atoms with Crippen molar-refractivity contribution < 1.29 is 9.59 Å². The molecule has 6 nitrogen and oxygen atoms in total. The second kappa shape index (κ2) is 5.95. The Balaban J connectivity index is 1.49. The monoisotopic (exact) mass is 337 g/mol. The van der Waals surface area contributed by atoms with Crippen molar-refractivity contribution in [3.05, 3.63) is 62.8 Å². The third kappa shape index (κ3) is 2.49. The van der Waals surface area contributed by atoms with E-state index in [1.165, 1.54) is 4.90 Å². The molecular weight excluding hydrogens is 318 g/mol. The summed E-state index contributed by atoms with van der Waals surface area (Å²) >= 11 is 0. The van der Waals surface area contributed by atoms with Gasteiger partial charge in [0.1, 0.15) is 5.82 Å².